The summed E-state index contributed by atoms with van der Waals surface area (Å²) in [6.07, 6.45) is 3.39. The number of unbranched alkanes of at least 4 members (excludes halogenated alkanes) is 1. The van der Waals surface area contributed by atoms with Crippen molar-refractivity contribution in [2.24, 2.45) is 0 Å². The molecule has 0 saturated heterocycles. The Hall–Kier alpha value is -1.96. The van der Waals surface area contributed by atoms with Crippen molar-refractivity contribution in [2.45, 2.75) is 39.2 Å². The lowest BCUT2D eigenvalue weighted by atomic mass is 10.0. The van der Waals surface area contributed by atoms with Crippen LogP contribution in [0.15, 0.2) is 54.6 Å². The van der Waals surface area contributed by atoms with Crippen molar-refractivity contribution in [3.63, 3.8) is 0 Å². The molecule has 0 fully saturated rings. The molecular formula is C19H25NO. The number of anilines is 1. The third-order valence-electron chi connectivity index (χ3n) is 3.84. The Bertz CT molecular complexity index is 521. The van der Waals surface area contributed by atoms with Crippen LogP contribution in [0, 0.1) is 0 Å². The molecule has 0 bridgehead atoms. The molecule has 0 aliphatic rings. The Morgan fingerprint density at radius 1 is 1.00 bits per heavy atom. The Labute approximate surface area is 128 Å². The number of rotatable bonds is 7. The number of hydrogen-bond donors (Lipinski definition) is 1. The van der Waals surface area contributed by atoms with Gasteiger partial charge in [-0.3, -0.25) is 0 Å². The van der Waals surface area contributed by atoms with E-state index in [4.69, 9.17) is 0 Å². The summed E-state index contributed by atoms with van der Waals surface area (Å²) in [4.78, 5) is 2.48. The van der Waals surface area contributed by atoms with E-state index in [1.54, 1.807) is 12.1 Å². The molecule has 0 aliphatic heterocycles. The van der Waals surface area contributed by atoms with Crippen LogP contribution in [0.25, 0.3) is 0 Å². The smallest absolute Gasteiger partial charge is 0.115 e. The molecule has 0 saturated carbocycles. The van der Waals surface area contributed by atoms with Crippen molar-refractivity contribution in [3.8, 4) is 5.75 Å². The van der Waals surface area contributed by atoms with Gasteiger partial charge in [-0.2, -0.15) is 0 Å². The molecule has 2 rings (SSSR count). The second-order valence-corrected chi connectivity index (χ2v) is 5.60. The first-order valence-electron chi connectivity index (χ1n) is 7.80. The summed E-state index contributed by atoms with van der Waals surface area (Å²) in [5.41, 5.74) is 2.55. The second-order valence-electron chi connectivity index (χ2n) is 5.60. The molecule has 0 radical (unpaired) electrons. The minimum atomic E-state index is 0.331. The summed E-state index contributed by atoms with van der Waals surface area (Å²) in [6.45, 7) is 5.59. The number of aromatic hydroxyl groups is 1. The van der Waals surface area contributed by atoms with Gasteiger partial charge in [-0.1, -0.05) is 43.7 Å². The van der Waals surface area contributed by atoms with Crippen molar-refractivity contribution in [2.75, 3.05) is 11.4 Å². The molecule has 21 heavy (non-hydrogen) atoms. The summed E-state index contributed by atoms with van der Waals surface area (Å²) in [5.74, 6) is 0.331. The summed E-state index contributed by atoms with van der Waals surface area (Å²) in [7, 11) is 0. The van der Waals surface area contributed by atoms with Crippen molar-refractivity contribution < 1.29 is 5.11 Å². The fraction of sp³-hybridized carbons (Fsp3) is 0.368. The lowest BCUT2D eigenvalue weighted by Gasteiger charge is -2.31. The van der Waals surface area contributed by atoms with Gasteiger partial charge < -0.3 is 10.0 Å². The Kier molecular flexibility index (Phi) is 5.68. The standard InChI is InChI=1S/C19H25NO/c1-3-4-14-20(18-8-6-5-7-9-18)16(2)15-17-10-12-19(21)13-11-17/h5-13,16,21H,3-4,14-15H2,1-2H3. The number of phenols is 1. The van der Waals surface area contributed by atoms with Gasteiger partial charge in [-0.25, -0.2) is 0 Å². The normalized spacial score (nSPS) is 12.1. The summed E-state index contributed by atoms with van der Waals surface area (Å²) in [5, 5.41) is 9.38. The molecule has 0 heterocycles. The first-order chi connectivity index (χ1) is 10.2. The highest BCUT2D eigenvalue weighted by atomic mass is 16.3. The lowest BCUT2D eigenvalue weighted by Crippen LogP contribution is -2.35. The average molecular weight is 283 g/mol. The van der Waals surface area contributed by atoms with Crippen LogP contribution in [-0.4, -0.2) is 17.7 Å². The van der Waals surface area contributed by atoms with E-state index in [1.165, 1.54) is 24.1 Å². The molecule has 0 amide bonds. The summed E-state index contributed by atoms with van der Waals surface area (Å²) < 4.78 is 0. The quantitative estimate of drug-likeness (QED) is 0.801. The SMILES string of the molecule is CCCCN(c1ccccc1)C(C)Cc1ccc(O)cc1. The van der Waals surface area contributed by atoms with Crippen LogP contribution in [0.3, 0.4) is 0 Å². The highest BCUT2D eigenvalue weighted by Crippen LogP contribution is 2.20. The molecule has 0 aromatic heterocycles. The van der Waals surface area contributed by atoms with Crippen LogP contribution in [0.5, 0.6) is 5.75 Å². The van der Waals surface area contributed by atoms with E-state index in [0.717, 1.165) is 13.0 Å². The van der Waals surface area contributed by atoms with E-state index in [0.29, 0.717) is 11.8 Å². The molecule has 0 aliphatic carbocycles. The van der Waals surface area contributed by atoms with Crippen molar-refractivity contribution in [3.05, 3.63) is 60.2 Å². The van der Waals surface area contributed by atoms with E-state index in [1.807, 2.05) is 12.1 Å². The fourth-order valence-corrected chi connectivity index (χ4v) is 2.64. The van der Waals surface area contributed by atoms with Gasteiger partial charge in [0.15, 0.2) is 0 Å². The highest BCUT2D eigenvalue weighted by molar-refractivity contribution is 5.47. The fourth-order valence-electron chi connectivity index (χ4n) is 2.64. The maximum atomic E-state index is 9.38. The maximum Gasteiger partial charge on any atom is 0.115 e. The maximum absolute atomic E-state index is 9.38. The lowest BCUT2D eigenvalue weighted by molar-refractivity contribution is 0.475. The van der Waals surface area contributed by atoms with Gasteiger partial charge in [0.2, 0.25) is 0 Å². The minimum absolute atomic E-state index is 0.331. The van der Waals surface area contributed by atoms with Crippen molar-refractivity contribution >= 4 is 5.69 Å². The Balaban J connectivity index is 2.10. The summed E-state index contributed by atoms with van der Waals surface area (Å²) >= 11 is 0. The molecule has 112 valence electrons. The molecule has 2 nitrogen and oxygen atoms in total. The predicted molar refractivity (Wildman–Crippen MR) is 90.0 cm³/mol. The first kappa shape index (κ1) is 15.4. The van der Waals surface area contributed by atoms with Gasteiger partial charge in [0.25, 0.3) is 0 Å². The third kappa shape index (κ3) is 4.52. The van der Waals surface area contributed by atoms with Gasteiger partial charge >= 0.3 is 0 Å². The number of nitrogens with zero attached hydrogens (tertiary/aromatic N) is 1. The average Bonchev–Trinajstić information content (AvgIpc) is 2.51. The number of benzene rings is 2. The molecule has 2 aromatic rings. The van der Waals surface area contributed by atoms with Gasteiger partial charge in [0.1, 0.15) is 5.75 Å². The van der Waals surface area contributed by atoms with Crippen LogP contribution >= 0.6 is 0 Å². The number of hydrogen-bond acceptors (Lipinski definition) is 2. The zero-order valence-electron chi connectivity index (χ0n) is 13.0. The molecule has 0 spiro atoms. The van der Waals surface area contributed by atoms with Gasteiger partial charge in [-0.15, -0.1) is 0 Å². The van der Waals surface area contributed by atoms with Gasteiger partial charge in [0.05, 0.1) is 0 Å². The predicted octanol–water partition coefficient (Wildman–Crippen LogP) is 4.63. The van der Waals surface area contributed by atoms with E-state index < -0.39 is 0 Å². The Morgan fingerprint density at radius 2 is 1.67 bits per heavy atom. The third-order valence-corrected chi connectivity index (χ3v) is 3.84. The molecule has 1 unspecified atom stereocenters. The Morgan fingerprint density at radius 3 is 2.29 bits per heavy atom. The monoisotopic (exact) mass is 283 g/mol. The second kappa shape index (κ2) is 7.72. The molecule has 2 heteroatoms. The van der Waals surface area contributed by atoms with Crippen LogP contribution < -0.4 is 4.90 Å². The van der Waals surface area contributed by atoms with E-state index >= 15 is 0 Å². The topological polar surface area (TPSA) is 23.5 Å². The molecule has 1 atom stereocenters. The zero-order valence-corrected chi connectivity index (χ0v) is 13.0. The number of para-hydroxylation sites is 1. The van der Waals surface area contributed by atoms with Crippen LogP contribution in [0.4, 0.5) is 5.69 Å². The van der Waals surface area contributed by atoms with E-state index in [-0.39, 0.29) is 0 Å². The highest BCUT2D eigenvalue weighted by Gasteiger charge is 2.14. The van der Waals surface area contributed by atoms with E-state index in [2.05, 4.69) is 49.1 Å². The minimum Gasteiger partial charge on any atom is -0.508 e. The molecule has 1 N–H and O–H groups in total. The number of phenolic OH excluding ortho intramolecular Hbond substituents is 1. The molecular weight excluding hydrogens is 258 g/mol. The summed E-state index contributed by atoms with van der Waals surface area (Å²) in [6, 6.07) is 18.6. The molecule has 2 aromatic carbocycles. The van der Waals surface area contributed by atoms with E-state index in [9.17, 15) is 5.11 Å². The van der Waals surface area contributed by atoms with Crippen molar-refractivity contribution in [1.29, 1.82) is 0 Å². The first-order valence-corrected chi connectivity index (χ1v) is 7.80. The van der Waals surface area contributed by atoms with Crippen molar-refractivity contribution in [1.82, 2.24) is 0 Å². The van der Waals surface area contributed by atoms with Crippen LogP contribution in [-0.2, 0) is 6.42 Å². The van der Waals surface area contributed by atoms with Crippen LogP contribution in [0.2, 0.25) is 0 Å². The van der Waals surface area contributed by atoms with Gasteiger partial charge in [0, 0.05) is 18.3 Å². The van der Waals surface area contributed by atoms with Gasteiger partial charge in [-0.05, 0) is 49.6 Å². The zero-order chi connectivity index (χ0) is 15.1. The largest absolute Gasteiger partial charge is 0.508 e. The van der Waals surface area contributed by atoms with Crippen LogP contribution in [0.1, 0.15) is 32.3 Å².